The third kappa shape index (κ3) is 3.86. The van der Waals surface area contributed by atoms with E-state index < -0.39 is 5.89 Å². The molecule has 4 heteroatoms. The minimum absolute atomic E-state index is 0.0118. The van der Waals surface area contributed by atoms with E-state index in [0.29, 0.717) is 0 Å². The van der Waals surface area contributed by atoms with Gasteiger partial charge in [-0.3, -0.25) is 4.98 Å². The Bertz CT molecular complexity index is 1840. The summed E-state index contributed by atoms with van der Waals surface area (Å²) < 4.78 is 16.5. The summed E-state index contributed by atoms with van der Waals surface area (Å²) in [6.45, 7) is 14.7. The minimum atomic E-state index is -0.788. The highest BCUT2D eigenvalue weighted by Crippen LogP contribution is 2.43. The van der Waals surface area contributed by atoms with Crippen LogP contribution >= 0.6 is 11.3 Å². The number of pyridine rings is 1. The maximum atomic E-state index is 8.84. The molecule has 6 rings (SSSR count). The number of rotatable bonds is 3. The molecule has 0 fully saturated rings. The van der Waals surface area contributed by atoms with Gasteiger partial charge in [-0.15, -0.1) is 11.3 Å². The van der Waals surface area contributed by atoms with Gasteiger partial charge in [0.15, 0.2) is 0 Å². The molecular weight excluding hydrogens is 472 g/mol. The maximum absolute atomic E-state index is 8.84. The molecule has 0 atom stereocenters. The first-order chi connectivity index (χ1) is 17.9. The van der Waals surface area contributed by atoms with Gasteiger partial charge in [-0.25, -0.2) is 4.98 Å². The Labute approximate surface area is 223 Å². The van der Waals surface area contributed by atoms with E-state index in [0.717, 1.165) is 54.8 Å². The summed E-state index contributed by atoms with van der Waals surface area (Å²) in [5.41, 5.74) is 10.0. The molecule has 0 amide bonds. The summed E-state index contributed by atoms with van der Waals surface area (Å²) in [4.78, 5) is 9.83. The Morgan fingerprint density at radius 1 is 0.946 bits per heavy atom. The van der Waals surface area contributed by atoms with E-state index in [4.69, 9.17) is 15.8 Å². The molecule has 0 saturated heterocycles. The molecule has 0 bridgehead atoms. The van der Waals surface area contributed by atoms with Gasteiger partial charge in [0.1, 0.15) is 11.2 Å². The molecule has 6 aromatic rings. The van der Waals surface area contributed by atoms with Crippen LogP contribution in [-0.4, -0.2) is 9.97 Å². The molecule has 3 nitrogen and oxygen atoms in total. The number of thiazole rings is 1. The molecule has 0 saturated carbocycles. The van der Waals surface area contributed by atoms with Crippen LogP contribution in [0.5, 0.6) is 0 Å². The zero-order valence-corrected chi connectivity index (χ0v) is 23.3. The Morgan fingerprint density at radius 2 is 1.68 bits per heavy atom. The van der Waals surface area contributed by atoms with Crippen molar-refractivity contribution in [3.63, 3.8) is 0 Å². The van der Waals surface area contributed by atoms with Crippen LogP contribution in [0, 0.1) is 13.8 Å². The Balaban J connectivity index is 1.63. The Hall–Kier alpha value is -3.50. The normalized spacial score (nSPS) is 13.1. The third-order valence-electron chi connectivity index (χ3n) is 7.13. The lowest BCUT2D eigenvalue weighted by atomic mass is 9.88. The fraction of sp³-hybridized carbons (Fsp3) is 0.273. The van der Waals surface area contributed by atoms with Crippen LogP contribution in [0.25, 0.3) is 54.5 Å². The van der Waals surface area contributed by atoms with Crippen LogP contribution in [0.2, 0.25) is 0 Å². The van der Waals surface area contributed by atoms with Gasteiger partial charge in [0, 0.05) is 29.3 Å². The molecule has 0 unspecified atom stereocenters. The topological polar surface area (TPSA) is 38.9 Å². The number of aryl methyl sites for hydroxylation is 2. The van der Waals surface area contributed by atoms with E-state index in [1.54, 1.807) is 11.3 Å². The Morgan fingerprint density at radius 3 is 2.38 bits per heavy atom. The van der Waals surface area contributed by atoms with Crippen LogP contribution in [0.15, 0.2) is 65.2 Å². The van der Waals surface area contributed by atoms with Crippen molar-refractivity contribution < 1.29 is 5.79 Å². The second kappa shape index (κ2) is 8.53. The quantitative estimate of drug-likeness (QED) is 0.240. The van der Waals surface area contributed by atoms with Crippen molar-refractivity contribution in [1.82, 2.24) is 9.97 Å². The summed E-state index contributed by atoms with van der Waals surface area (Å²) in [6.07, 6.45) is 1.88. The van der Waals surface area contributed by atoms with E-state index >= 15 is 0 Å². The predicted octanol–water partition coefficient (Wildman–Crippen LogP) is 9.96. The SMILES string of the molecule is [2H]C(C)(C)c1cnc(-c2cccc3c2oc2ccc4nc(C(C)(C)C)sc4c23)cc1-c1c(C)cccc1C. The second-order valence-corrected chi connectivity index (χ2v) is 12.2. The smallest absolute Gasteiger partial charge is 0.144 e. The van der Waals surface area contributed by atoms with Gasteiger partial charge < -0.3 is 4.42 Å². The van der Waals surface area contributed by atoms with Crippen molar-refractivity contribution in [2.45, 2.75) is 59.8 Å². The first kappa shape index (κ1) is 22.7. The summed E-state index contributed by atoms with van der Waals surface area (Å²) >= 11 is 1.75. The van der Waals surface area contributed by atoms with Gasteiger partial charge in [0.25, 0.3) is 0 Å². The highest BCUT2D eigenvalue weighted by atomic mass is 32.1. The molecule has 3 aromatic heterocycles. The minimum Gasteiger partial charge on any atom is -0.455 e. The number of aromatic nitrogens is 2. The molecule has 37 heavy (non-hydrogen) atoms. The number of hydrogen-bond donors (Lipinski definition) is 0. The molecule has 0 N–H and O–H groups in total. The highest BCUT2D eigenvalue weighted by Gasteiger charge is 2.23. The first-order valence-corrected chi connectivity index (χ1v) is 13.6. The second-order valence-electron chi connectivity index (χ2n) is 11.2. The van der Waals surface area contributed by atoms with Crippen molar-refractivity contribution in [3.8, 4) is 22.4 Å². The van der Waals surface area contributed by atoms with E-state index in [2.05, 4.69) is 83.1 Å². The third-order valence-corrected chi connectivity index (χ3v) is 8.64. The summed E-state index contributed by atoms with van der Waals surface area (Å²) in [5.74, 6) is -0.788. The molecular formula is C33H32N2OS. The fourth-order valence-corrected chi connectivity index (χ4v) is 6.41. The molecule has 0 aliphatic rings. The monoisotopic (exact) mass is 505 g/mol. The zero-order valence-electron chi connectivity index (χ0n) is 23.5. The van der Waals surface area contributed by atoms with Crippen molar-refractivity contribution in [2.75, 3.05) is 0 Å². The van der Waals surface area contributed by atoms with E-state index in [1.807, 2.05) is 26.1 Å². The summed E-state index contributed by atoms with van der Waals surface area (Å²) in [7, 11) is 0. The van der Waals surface area contributed by atoms with E-state index in [-0.39, 0.29) is 5.41 Å². The zero-order chi connectivity index (χ0) is 27.0. The molecule has 0 aliphatic carbocycles. The number of fused-ring (bicyclic) bond motifs is 5. The lowest BCUT2D eigenvalue weighted by Crippen LogP contribution is -2.09. The van der Waals surface area contributed by atoms with Gasteiger partial charge in [0.05, 0.1) is 20.9 Å². The Kier molecular flexibility index (Phi) is 5.23. The average Bonchev–Trinajstić information content (AvgIpc) is 3.44. The van der Waals surface area contributed by atoms with Crippen molar-refractivity contribution in [3.05, 3.63) is 82.5 Å². The van der Waals surface area contributed by atoms with Crippen LogP contribution in [0.3, 0.4) is 0 Å². The van der Waals surface area contributed by atoms with Crippen LogP contribution in [0.1, 0.15) is 63.6 Å². The lowest BCUT2D eigenvalue weighted by Gasteiger charge is -2.18. The number of hydrogen-bond acceptors (Lipinski definition) is 4. The number of furan rings is 1. The molecule has 0 radical (unpaired) electrons. The van der Waals surface area contributed by atoms with Gasteiger partial charge in [0.2, 0.25) is 0 Å². The van der Waals surface area contributed by atoms with Crippen LogP contribution in [0.4, 0.5) is 0 Å². The number of nitrogens with zero attached hydrogens (tertiary/aromatic N) is 2. The molecule has 0 spiro atoms. The van der Waals surface area contributed by atoms with Crippen LogP contribution < -0.4 is 0 Å². The number of para-hydroxylation sites is 1. The van der Waals surface area contributed by atoms with E-state index in [1.165, 1.54) is 21.4 Å². The molecule has 0 aliphatic heterocycles. The largest absolute Gasteiger partial charge is 0.455 e. The average molecular weight is 506 g/mol. The van der Waals surface area contributed by atoms with Crippen molar-refractivity contribution >= 4 is 43.5 Å². The fourth-order valence-electron chi connectivity index (χ4n) is 5.24. The van der Waals surface area contributed by atoms with E-state index in [9.17, 15) is 0 Å². The van der Waals surface area contributed by atoms with Crippen LogP contribution in [-0.2, 0) is 5.41 Å². The van der Waals surface area contributed by atoms with Crippen molar-refractivity contribution in [1.29, 1.82) is 0 Å². The standard InChI is InChI=1S/C33H32N2OS/c1-18(2)24-17-34-26(16-23(24)28-19(3)10-8-11-20(28)4)21-12-9-13-22-29-27(36-30(21)22)15-14-25-31(29)37-32(35-25)33(5,6)7/h8-18H,1-7H3/i18D. The molecule has 3 heterocycles. The van der Waals surface area contributed by atoms with Gasteiger partial charge in [-0.1, -0.05) is 65.0 Å². The summed E-state index contributed by atoms with van der Waals surface area (Å²) in [6, 6.07) is 18.9. The van der Waals surface area contributed by atoms with Gasteiger partial charge >= 0.3 is 0 Å². The predicted molar refractivity (Wildman–Crippen MR) is 158 cm³/mol. The van der Waals surface area contributed by atoms with Gasteiger partial charge in [-0.2, -0.15) is 0 Å². The molecule has 3 aromatic carbocycles. The van der Waals surface area contributed by atoms with Gasteiger partial charge in [-0.05, 0) is 71.8 Å². The maximum Gasteiger partial charge on any atom is 0.144 e. The van der Waals surface area contributed by atoms with Crippen molar-refractivity contribution in [2.24, 2.45) is 0 Å². The first-order valence-electron chi connectivity index (χ1n) is 13.3. The summed E-state index contributed by atoms with van der Waals surface area (Å²) in [5, 5.41) is 3.32. The number of benzene rings is 3. The molecule has 186 valence electrons. The highest BCUT2D eigenvalue weighted by molar-refractivity contribution is 7.19. The lowest BCUT2D eigenvalue weighted by molar-refractivity contribution is 0.587.